The smallest absolute Gasteiger partial charge is 0.257 e. The molecule has 0 fully saturated rings. The van der Waals surface area contributed by atoms with Gasteiger partial charge in [0.15, 0.2) is 0 Å². The second kappa shape index (κ2) is 8.66. The molecule has 2 aromatic heterocycles. The highest BCUT2D eigenvalue weighted by Crippen LogP contribution is 2.36. The van der Waals surface area contributed by atoms with E-state index < -0.39 is 0 Å². The molecule has 3 heterocycles. The third-order valence-electron chi connectivity index (χ3n) is 6.57. The zero-order valence-corrected chi connectivity index (χ0v) is 19.5. The summed E-state index contributed by atoms with van der Waals surface area (Å²) in [5.74, 6) is -0.289. The molecule has 0 aliphatic carbocycles. The summed E-state index contributed by atoms with van der Waals surface area (Å²) in [7, 11) is 1.58. The fourth-order valence-corrected chi connectivity index (χ4v) is 4.69. The largest absolute Gasteiger partial charge is 0.399 e. The number of nitrogen functional groups attached to an aromatic ring is 1. The van der Waals surface area contributed by atoms with Crippen molar-refractivity contribution in [2.75, 3.05) is 12.8 Å². The molecule has 4 aromatic rings. The number of nitrogens with two attached hydrogens (primary N) is 1. The van der Waals surface area contributed by atoms with Crippen LogP contribution in [0.3, 0.4) is 0 Å². The number of hydrogen-bond acceptors (Lipinski definition) is 5. The molecular formula is C27H27FN4O2. The van der Waals surface area contributed by atoms with Crippen LogP contribution >= 0.6 is 0 Å². The Balaban J connectivity index is 1.61. The van der Waals surface area contributed by atoms with Gasteiger partial charge in [-0.25, -0.2) is 9.37 Å². The van der Waals surface area contributed by atoms with E-state index in [9.17, 15) is 9.18 Å². The van der Waals surface area contributed by atoms with Gasteiger partial charge in [-0.3, -0.25) is 4.79 Å². The number of rotatable bonds is 6. The molecule has 0 atom stereocenters. The van der Waals surface area contributed by atoms with Crippen molar-refractivity contribution in [2.45, 2.75) is 40.1 Å². The molecule has 0 spiro atoms. The van der Waals surface area contributed by atoms with Crippen LogP contribution in [0.15, 0.2) is 47.3 Å². The first-order valence-electron chi connectivity index (χ1n) is 11.3. The van der Waals surface area contributed by atoms with Crippen LogP contribution in [0.5, 0.6) is 0 Å². The molecule has 2 aromatic carbocycles. The maximum atomic E-state index is 14.5. The number of pyridine rings is 2. The monoisotopic (exact) mass is 458 g/mol. The molecule has 0 saturated heterocycles. The molecule has 7 heteroatoms. The predicted molar refractivity (Wildman–Crippen MR) is 132 cm³/mol. The van der Waals surface area contributed by atoms with E-state index in [1.54, 1.807) is 18.6 Å². The Kier molecular flexibility index (Phi) is 5.67. The topological polar surface area (TPSA) is 82.2 Å². The van der Waals surface area contributed by atoms with Crippen LogP contribution in [0.2, 0.25) is 0 Å². The molecule has 34 heavy (non-hydrogen) atoms. The lowest BCUT2D eigenvalue weighted by atomic mass is 9.98. The molecule has 0 bridgehead atoms. The van der Waals surface area contributed by atoms with Gasteiger partial charge in [0.1, 0.15) is 5.82 Å². The van der Waals surface area contributed by atoms with Gasteiger partial charge in [0.25, 0.3) is 5.56 Å². The van der Waals surface area contributed by atoms with Crippen LogP contribution in [0.4, 0.5) is 10.1 Å². The Morgan fingerprint density at radius 3 is 2.59 bits per heavy atom. The van der Waals surface area contributed by atoms with Crippen LogP contribution in [0.1, 0.15) is 33.4 Å². The second-order valence-electron chi connectivity index (χ2n) is 8.90. The number of hydrogen-bond donors (Lipinski definition) is 2. The molecule has 0 radical (unpaired) electrons. The van der Waals surface area contributed by atoms with E-state index in [4.69, 9.17) is 15.5 Å². The third kappa shape index (κ3) is 3.77. The number of benzene rings is 2. The number of nitrogens with zero attached hydrogens (tertiary/aromatic N) is 2. The van der Waals surface area contributed by atoms with Gasteiger partial charge >= 0.3 is 0 Å². The lowest BCUT2D eigenvalue weighted by Gasteiger charge is -2.14. The van der Waals surface area contributed by atoms with E-state index >= 15 is 0 Å². The number of halogens is 1. The number of methoxy groups -OCH3 is 1. The zero-order valence-electron chi connectivity index (χ0n) is 19.5. The highest BCUT2D eigenvalue weighted by Gasteiger charge is 2.27. The maximum absolute atomic E-state index is 14.5. The van der Waals surface area contributed by atoms with Crippen LogP contribution in [0.25, 0.3) is 22.3 Å². The summed E-state index contributed by atoms with van der Waals surface area (Å²) >= 11 is 0. The van der Waals surface area contributed by atoms with Crippen molar-refractivity contribution in [2.24, 2.45) is 0 Å². The molecule has 0 unspecified atom stereocenters. The van der Waals surface area contributed by atoms with E-state index in [1.165, 1.54) is 6.07 Å². The van der Waals surface area contributed by atoms with Gasteiger partial charge in [0.2, 0.25) is 0 Å². The SMILES string of the molecule is COCc1c(C)cc2n(c1=O)Cc1c-2nc2cc(F)c(C)cc2c1CNCc1ccc(N)cc1. The molecule has 6 nitrogen and oxygen atoms in total. The zero-order chi connectivity index (χ0) is 24.0. The molecule has 1 aliphatic rings. The average molecular weight is 459 g/mol. The van der Waals surface area contributed by atoms with E-state index in [-0.39, 0.29) is 18.0 Å². The van der Waals surface area contributed by atoms with Gasteiger partial charge in [0, 0.05) is 48.5 Å². The molecule has 0 saturated carbocycles. The van der Waals surface area contributed by atoms with Crippen molar-refractivity contribution in [3.8, 4) is 11.4 Å². The van der Waals surface area contributed by atoms with Crippen molar-refractivity contribution < 1.29 is 9.13 Å². The Labute approximate surface area is 197 Å². The van der Waals surface area contributed by atoms with Gasteiger partial charge in [-0.2, -0.15) is 0 Å². The van der Waals surface area contributed by atoms with Crippen molar-refractivity contribution in [1.29, 1.82) is 0 Å². The highest BCUT2D eigenvalue weighted by molar-refractivity contribution is 5.88. The minimum Gasteiger partial charge on any atom is -0.399 e. The third-order valence-corrected chi connectivity index (χ3v) is 6.57. The normalized spacial score (nSPS) is 12.2. The maximum Gasteiger partial charge on any atom is 0.257 e. The number of anilines is 1. The van der Waals surface area contributed by atoms with Crippen LogP contribution in [0, 0.1) is 19.7 Å². The minimum absolute atomic E-state index is 0.0675. The number of nitrogens with one attached hydrogen (secondary N) is 1. The predicted octanol–water partition coefficient (Wildman–Crippen LogP) is 4.20. The minimum atomic E-state index is -0.289. The first kappa shape index (κ1) is 22.3. The van der Waals surface area contributed by atoms with Crippen molar-refractivity contribution in [3.05, 3.63) is 92.0 Å². The first-order chi connectivity index (χ1) is 16.4. The Bertz CT molecular complexity index is 1480. The fraction of sp³-hybridized carbons (Fsp3) is 0.259. The molecular weight excluding hydrogens is 431 g/mol. The van der Waals surface area contributed by atoms with Crippen molar-refractivity contribution in [1.82, 2.24) is 14.9 Å². The van der Waals surface area contributed by atoms with Gasteiger partial charge in [-0.15, -0.1) is 0 Å². The lowest BCUT2D eigenvalue weighted by Crippen LogP contribution is -2.24. The number of aromatic nitrogens is 2. The van der Waals surface area contributed by atoms with Crippen LogP contribution in [-0.4, -0.2) is 16.7 Å². The average Bonchev–Trinajstić information content (AvgIpc) is 3.17. The summed E-state index contributed by atoms with van der Waals surface area (Å²) in [5, 5.41) is 4.41. The summed E-state index contributed by atoms with van der Waals surface area (Å²) in [4.78, 5) is 18.1. The molecule has 1 aliphatic heterocycles. The van der Waals surface area contributed by atoms with E-state index in [0.717, 1.165) is 44.7 Å². The summed E-state index contributed by atoms with van der Waals surface area (Å²) in [6.07, 6.45) is 0. The highest BCUT2D eigenvalue weighted by atomic mass is 19.1. The summed E-state index contributed by atoms with van der Waals surface area (Å²) < 4.78 is 21.5. The van der Waals surface area contributed by atoms with Crippen LogP contribution < -0.4 is 16.6 Å². The van der Waals surface area contributed by atoms with Gasteiger partial charge in [-0.05, 0) is 60.4 Å². The standard InChI is InChI=1S/C27H27FN4O2/c1-15-9-25-26-21(13-32(25)27(33)22(15)14-34-3)20(12-30-11-17-4-6-18(29)7-5-17)19-8-16(2)23(28)10-24(19)31-26/h4-10,30H,11-14,29H2,1-3H3. The molecule has 0 amide bonds. The van der Waals surface area contributed by atoms with Gasteiger partial charge < -0.3 is 20.4 Å². The molecule has 5 rings (SSSR count). The lowest BCUT2D eigenvalue weighted by molar-refractivity contribution is 0.183. The first-order valence-corrected chi connectivity index (χ1v) is 11.3. The summed E-state index contributed by atoms with van der Waals surface area (Å²) in [5.41, 5.74) is 13.8. The van der Waals surface area contributed by atoms with E-state index in [1.807, 2.05) is 43.3 Å². The van der Waals surface area contributed by atoms with E-state index in [2.05, 4.69) is 5.32 Å². The quantitative estimate of drug-likeness (QED) is 0.373. The Morgan fingerprint density at radius 2 is 1.85 bits per heavy atom. The summed E-state index contributed by atoms with van der Waals surface area (Å²) in [6.45, 7) is 5.57. The summed E-state index contributed by atoms with van der Waals surface area (Å²) in [6, 6.07) is 13.1. The van der Waals surface area contributed by atoms with Gasteiger partial charge in [-0.1, -0.05) is 12.1 Å². The molecule has 174 valence electrons. The van der Waals surface area contributed by atoms with Crippen molar-refractivity contribution in [3.63, 3.8) is 0 Å². The Hall–Kier alpha value is -3.55. The number of fused-ring (bicyclic) bond motifs is 4. The van der Waals surface area contributed by atoms with E-state index in [0.29, 0.717) is 36.3 Å². The fourth-order valence-electron chi connectivity index (χ4n) is 4.69. The van der Waals surface area contributed by atoms with Gasteiger partial charge in [0.05, 0.1) is 30.1 Å². The van der Waals surface area contributed by atoms with Crippen molar-refractivity contribution >= 4 is 16.6 Å². The molecule has 3 N–H and O–H groups in total. The Morgan fingerprint density at radius 1 is 1.09 bits per heavy atom. The van der Waals surface area contributed by atoms with Crippen LogP contribution in [-0.2, 0) is 31.0 Å². The number of ether oxygens (including phenoxy) is 1. The number of aryl methyl sites for hydroxylation is 2. The second-order valence-corrected chi connectivity index (χ2v) is 8.90.